The van der Waals surface area contributed by atoms with Gasteiger partial charge in [-0.15, -0.1) is 0 Å². The molecule has 184 valence electrons. The zero-order valence-electron chi connectivity index (χ0n) is 19.5. The van der Waals surface area contributed by atoms with E-state index >= 15 is 0 Å². The molecule has 5 nitrogen and oxygen atoms in total. The van der Waals surface area contributed by atoms with E-state index in [-0.39, 0.29) is 24.2 Å². The third-order valence-electron chi connectivity index (χ3n) is 6.33. The second-order valence-electron chi connectivity index (χ2n) is 8.95. The van der Waals surface area contributed by atoms with Gasteiger partial charge >= 0.3 is 0 Å². The van der Waals surface area contributed by atoms with Crippen LogP contribution < -0.4 is 5.32 Å². The van der Waals surface area contributed by atoms with Crippen molar-refractivity contribution in [3.05, 3.63) is 105 Å². The van der Waals surface area contributed by atoms with Gasteiger partial charge in [-0.3, -0.25) is 4.79 Å². The molecule has 2 atom stereocenters. The fraction of sp³-hybridized carbons (Fsp3) is 0.296. The van der Waals surface area contributed by atoms with Crippen molar-refractivity contribution in [2.24, 2.45) is 5.92 Å². The number of amides is 1. The molecule has 0 unspecified atom stereocenters. The minimum Gasteiger partial charge on any atom is -0.345 e. The third kappa shape index (κ3) is 6.44. The molecule has 0 aromatic heterocycles. The van der Waals surface area contributed by atoms with Gasteiger partial charge in [0.2, 0.25) is 15.9 Å². The first kappa shape index (κ1) is 25.7. The highest BCUT2D eigenvalue weighted by atomic mass is 35.5. The number of hydrogen-bond acceptors (Lipinski definition) is 3. The van der Waals surface area contributed by atoms with Crippen LogP contribution in [0.25, 0.3) is 0 Å². The van der Waals surface area contributed by atoms with Gasteiger partial charge in [0.25, 0.3) is 0 Å². The van der Waals surface area contributed by atoms with Crippen LogP contribution in [0.5, 0.6) is 0 Å². The van der Waals surface area contributed by atoms with Crippen LogP contribution in [0.1, 0.15) is 41.1 Å². The van der Waals surface area contributed by atoms with Crippen LogP contribution in [0.15, 0.2) is 72.8 Å². The molecule has 1 aliphatic heterocycles. The average molecular weight is 532 g/mol. The van der Waals surface area contributed by atoms with Gasteiger partial charge in [0.15, 0.2) is 0 Å². The van der Waals surface area contributed by atoms with E-state index in [2.05, 4.69) is 5.32 Å². The smallest absolute Gasteiger partial charge is 0.225 e. The Morgan fingerprint density at radius 3 is 2.40 bits per heavy atom. The molecule has 3 aromatic carbocycles. The van der Waals surface area contributed by atoms with Gasteiger partial charge in [-0.1, -0.05) is 89.4 Å². The van der Waals surface area contributed by atoms with Crippen LogP contribution in [0.4, 0.5) is 0 Å². The second kappa shape index (κ2) is 11.1. The van der Waals surface area contributed by atoms with Gasteiger partial charge in [0.1, 0.15) is 0 Å². The van der Waals surface area contributed by atoms with E-state index in [4.69, 9.17) is 23.2 Å². The maximum atomic E-state index is 13.4. The van der Waals surface area contributed by atoms with E-state index in [0.717, 1.165) is 16.7 Å². The van der Waals surface area contributed by atoms with Crippen LogP contribution >= 0.6 is 23.2 Å². The topological polar surface area (TPSA) is 66.5 Å². The molecule has 0 spiro atoms. The maximum Gasteiger partial charge on any atom is 0.225 e. The first-order valence-electron chi connectivity index (χ1n) is 11.6. The SMILES string of the molecule is Cc1ccc([C@H](NC(=O)[C@H]2CCCN(S(=O)(=O)Cc3ccc(Cl)cc3Cl)C2)c2ccccc2)cc1. The number of nitrogens with zero attached hydrogens (tertiary/aromatic N) is 1. The zero-order valence-corrected chi connectivity index (χ0v) is 21.8. The summed E-state index contributed by atoms with van der Waals surface area (Å²) in [7, 11) is -3.65. The van der Waals surface area contributed by atoms with Crippen molar-refractivity contribution in [3.8, 4) is 0 Å². The summed E-state index contributed by atoms with van der Waals surface area (Å²) in [5, 5.41) is 3.95. The molecule has 0 radical (unpaired) electrons. The lowest BCUT2D eigenvalue weighted by atomic mass is 9.94. The van der Waals surface area contributed by atoms with E-state index in [1.54, 1.807) is 12.1 Å². The predicted octanol–water partition coefficient (Wildman–Crippen LogP) is 5.75. The van der Waals surface area contributed by atoms with Gasteiger partial charge in [0, 0.05) is 23.1 Å². The molecule has 1 heterocycles. The summed E-state index contributed by atoms with van der Waals surface area (Å²) in [6.07, 6.45) is 1.25. The summed E-state index contributed by atoms with van der Waals surface area (Å²) in [6, 6.07) is 22.3. The Kier molecular flexibility index (Phi) is 8.17. The second-order valence-corrected chi connectivity index (χ2v) is 11.8. The number of benzene rings is 3. The highest BCUT2D eigenvalue weighted by Gasteiger charge is 2.33. The van der Waals surface area contributed by atoms with Gasteiger partial charge in [-0.2, -0.15) is 0 Å². The molecule has 3 aromatic rings. The van der Waals surface area contributed by atoms with Crippen molar-refractivity contribution in [1.29, 1.82) is 0 Å². The van der Waals surface area contributed by atoms with Crippen molar-refractivity contribution in [3.63, 3.8) is 0 Å². The number of sulfonamides is 1. The van der Waals surface area contributed by atoms with E-state index in [9.17, 15) is 13.2 Å². The molecule has 4 rings (SSSR count). The Morgan fingerprint density at radius 2 is 1.71 bits per heavy atom. The van der Waals surface area contributed by atoms with Crippen molar-refractivity contribution in [2.75, 3.05) is 13.1 Å². The molecule has 1 fully saturated rings. The Balaban J connectivity index is 1.50. The number of hydrogen-bond donors (Lipinski definition) is 1. The predicted molar refractivity (Wildman–Crippen MR) is 141 cm³/mol. The van der Waals surface area contributed by atoms with Gasteiger partial charge < -0.3 is 5.32 Å². The molecule has 1 amide bonds. The lowest BCUT2D eigenvalue weighted by Gasteiger charge is -2.32. The van der Waals surface area contributed by atoms with Gasteiger partial charge in [0.05, 0.1) is 17.7 Å². The fourth-order valence-electron chi connectivity index (χ4n) is 4.36. The highest BCUT2D eigenvalue weighted by Crippen LogP contribution is 2.28. The number of halogens is 2. The number of rotatable bonds is 7. The molecular weight excluding hydrogens is 503 g/mol. The van der Waals surface area contributed by atoms with E-state index in [1.807, 2.05) is 61.5 Å². The largest absolute Gasteiger partial charge is 0.345 e. The van der Waals surface area contributed by atoms with E-state index in [0.29, 0.717) is 35.0 Å². The lowest BCUT2D eigenvalue weighted by Crippen LogP contribution is -2.46. The number of carbonyl (C=O) groups excluding carboxylic acids is 1. The van der Waals surface area contributed by atoms with Crippen LogP contribution in [-0.4, -0.2) is 31.7 Å². The summed E-state index contributed by atoms with van der Waals surface area (Å²) in [5.74, 6) is -0.812. The van der Waals surface area contributed by atoms with Crippen LogP contribution in [0, 0.1) is 12.8 Å². The average Bonchev–Trinajstić information content (AvgIpc) is 2.85. The number of carbonyl (C=O) groups is 1. The molecular formula is C27H28Cl2N2O3S. The Bertz CT molecular complexity index is 1280. The number of nitrogens with one attached hydrogen (secondary N) is 1. The van der Waals surface area contributed by atoms with Crippen molar-refractivity contribution < 1.29 is 13.2 Å². The van der Waals surface area contributed by atoms with Crippen LogP contribution in [-0.2, 0) is 20.6 Å². The molecule has 35 heavy (non-hydrogen) atoms. The molecule has 1 saturated heterocycles. The van der Waals surface area contributed by atoms with Crippen molar-refractivity contribution in [1.82, 2.24) is 9.62 Å². The summed E-state index contributed by atoms with van der Waals surface area (Å²) < 4.78 is 27.7. The molecule has 0 aliphatic carbocycles. The highest BCUT2D eigenvalue weighted by molar-refractivity contribution is 7.88. The first-order chi connectivity index (χ1) is 16.7. The minimum atomic E-state index is -3.65. The van der Waals surface area contributed by atoms with Gasteiger partial charge in [-0.05, 0) is 48.6 Å². The minimum absolute atomic E-state index is 0.148. The fourth-order valence-corrected chi connectivity index (χ4v) is 6.56. The summed E-state index contributed by atoms with van der Waals surface area (Å²) in [4.78, 5) is 13.4. The Labute approximate surface area is 217 Å². The Morgan fingerprint density at radius 1 is 1.03 bits per heavy atom. The van der Waals surface area contributed by atoms with Crippen molar-refractivity contribution in [2.45, 2.75) is 31.6 Å². The first-order valence-corrected chi connectivity index (χ1v) is 13.9. The Hall–Kier alpha value is -2.38. The summed E-state index contributed by atoms with van der Waals surface area (Å²) in [6.45, 7) is 2.56. The third-order valence-corrected chi connectivity index (χ3v) is 8.71. The standard InChI is InChI=1S/C27H28Cl2N2O3S/c1-19-9-11-21(12-10-19)26(20-6-3-2-4-7-20)30-27(32)22-8-5-15-31(17-22)35(33,34)18-23-13-14-24(28)16-25(23)29/h2-4,6-7,9-14,16,22,26H,5,8,15,17-18H2,1H3,(H,30,32)/t22-,26+/m0/s1. The maximum absolute atomic E-state index is 13.4. The number of piperidine rings is 1. The zero-order chi connectivity index (χ0) is 25.0. The van der Waals surface area contributed by atoms with Crippen LogP contribution in [0.3, 0.4) is 0 Å². The quantitative estimate of drug-likeness (QED) is 0.422. The molecule has 1 aliphatic rings. The summed E-state index contributed by atoms with van der Waals surface area (Å²) in [5.41, 5.74) is 3.59. The normalized spacial score (nSPS) is 17.6. The van der Waals surface area contributed by atoms with Crippen LogP contribution in [0.2, 0.25) is 10.0 Å². The molecule has 0 bridgehead atoms. The monoisotopic (exact) mass is 530 g/mol. The van der Waals surface area contributed by atoms with Crippen molar-refractivity contribution >= 4 is 39.1 Å². The van der Waals surface area contributed by atoms with E-state index < -0.39 is 15.9 Å². The van der Waals surface area contributed by atoms with E-state index in [1.165, 1.54) is 10.4 Å². The molecule has 8 heteroatoms. The molecule has 1 N–H and O–H groups in total. The van der Waals surface area contributed by atoms with Gasteiger partial charge in [-0.25, -0.2) is 12.7 Å². The summed E-state index contributed by atoms with van der Waals surface area (Å²) >= 11 is 12.1. The number of aryl methyl sites for hydroxylation is 1. The molecule has 0 saturated carbocycles. The lowest BCUT2D eigenvalue weighted by molar-refractivity contribution is -0.126.